The highest BCUT2D eigenvalue weighted by Gasteiger charge is 2.17. The summed E-state index contributed by atoms with van der Waals surface area (Å²) in [5.74, 6) is -0.832. The molecule has 32 heavy (non-hydrogen) atoms. The maximum Gasteiger partial charge on any atom is 0.348 e. The van der Waals surface area contributed by atoms with Crippen LogP contribution in [0.1, 0.15) is 15.2 Å². The van der Waals surface area contributed by atoms with Crippen LogP contribution in [0.5, 0.6) is 0 Å². The largest absolute Gasteiger partial charge is 0.451 e. The minimum Gasteiger partial charge on any atom is -0.451 e. The van der Waals surface area contributed by atoms with Gasteiger partial charge in [0, 0.05) is 40.1 Å². The van der Waals surface area contributed by atoms with E-state index in [1.807, 2.05) is 42.5 Å². The highest BCUT2D eigenvalue weighted by Crippen LogP contribution is 2.39. The van der Waals surface area contributed by atoms with Gasteiger partial charge in [-0.15, -0.1) is 22.7 Å². The first-order valence-electron chi connectivity index (χ1n) is 10.4. The van der Waals surface area contributed by atoms with Gasteiger partial charge in [-0.3, -0.25) is 9.69 Å². The number of benzene rings is 2. The van der Waals surface area contributed by atoms with E-state index in [0.717, 1.165) is 47.6 Å². The molecule has 3 heterocycles. The van der Waals surface area contributed by atoms with Crippen LogP contribution in [0, 0.1) is 0 Å². The Kier molecular flexibility index (Phi) is 6.18. The van der Waals surface area contributed by atoms with Gasteiger partial charge < -0.3 is 14.8 Å². The summed E-state index contributed by atoms with van der Waals surface area (Å²) in [5, 5.41) is 3.93. The number of hydrogen-bond acceptors (Lipinski definition) is 7. The third-order valence-electron chi connectivity index (χ3n) is 5.33. The average Bonchev–Trinajstić information content (AvgIpc) is 3.38. The zero-order valence-electron chi connectivity index (χ0n) is 17.3. The van der Waals surface area contributed by atoms with E-state index in [4.69, 9.17) is 9.47 Å². The SMILES string of the molecule is O=C(COC(=O)c1cc2sc3ccccc3c2s1)Nc1ccc(CN2CCOCC2)cc1. The van der Waals surface area contributed by atoms with Gasteiger partial charge in [0.2, 0.25) is 0 Å². The summed E-state index contributed by atoms with van der Waals surface area (Å²) < 4.78 is 14.0. The van der Waals surface area contributed by atoms with E-state index in [1.165, 1.54) is 21.6 Å². The number of carbonyl (C=O) groups is 2. The van der Waals surface area contributed by atoms with E-state index in [-0.39, 0.29) is 12.5 Å². The summed E-state index contributed by atoms with van der Waals surface area (Å²) in [7, 11) is 0. The third kappa shape index (κ3) is 4.68. The maximum absolute atomic E-state index is 12.4. The van der Waals surface area contributed by atoms with Crippen LogP contribution >= 0.6 is 22.7 Å². The molecule has 6 nitrogen and oxygen atoms in total. The van der Waals surface area contributed by atoms with Gasteiger partial charge in [-0.25, -0.2) is 4.79 Å². The van der Waals surface area contributed by atoms with Crippen molar-refractivity contribution in [2.75, 3.05) is 38.2 Å². The number of rotatable bonds is 6. The Hall–Kier alpha value is -2.78. The van der Waals surface area contributed by atoms with Gasteiger partial charge in [0.25, 0.3) is 5.91 Å². The van der Waals surface area contributed by atoms with Crippen LogP contribution < -0.4 is 5.32 Å². The van der Waals surface area contributed by atoms with Crippen LogP contribution in [0.25, 0.3) is 19.5 Å². The van der Waals surface area contributed by atoms with E-state index in [0.29, 0.717) is 10.6 Å². The molecule has 0 unspecified atom stereocenters. The van der Waals surface area contributed by atoms with E-state index in [9.17, 15) is 9.59 Å². The van der Waals surface area contributed by atoms with Crippen LogP contribution in [0.3, 0.4) is 0 Å². The highest BCUT2D eigenvalue weighted by molar-refractivity contribution is 7.33. The number of thiophene rings is 2. The van der Waals surface area contributed by atoms with Gasteiger partial charge in [-0.05, 0) is 29.8 Å². The topological polar surface area (TPSA) is 67.9 Å². The van der Waals surface area contributed by atoms with Crippen molar-refractivity contribution in [3.8, 4) is 0 Å². The van der Waals surface area contributed by atoms with Gasteiger partial charge in [-0.2, -0.15) is 0 Å². The molecule has 0 spiro atoms. The number of esters is 1. The smallest absolute Gasteiger partial charge is 0.348 e. The molecule has 1 aliphatic heterocycles. The molecule has 1 amide bonds. The highest BCUT2D eigenvalue weighted by atomic mass is 32.1. The molecule has 1 saturated heterocycles. The van der Waals surface area contributed by atoms with Crippen molar-refractivity contribution in [2.24, 2.45) is 0 Å². The second-order valence-corrected chi connectivity index (χ2v) is 9.75. The Labute approximate surface area is 193 Å². The molecule has 2 aromatic heterocycles. The number of fused-ring (bicyclic) bond motifs is 3. The Morgan fingerprint density at radius 3 is 2.59 bits per heavy atom. The second kappa shape index (κ2) is 9.38. The quantitative estimate of drug-likeness (QED) is 0.416. The van der Waals surface area contributed by atoms with Crippen molar-refractivity contribution >= 4 is 59.7 Å². The average molecular weight is 467 g/mol. The lowest BCUT2D eigenvalue weighted by Crippen LogP contribution is -2.35. The Morgan fingerprint density at radius 2 is 1.78 bits per heavy atom. The molecule has 0 radical (unpaired) electrons. The molecule has 1 aliphatic rings. The number of hydrogen-bond donors (Lipinski definition) is 1. The zero-order chi connectivity index (χ0) is 21.9. The van der Waals surface area contributed by atoms with E-state index in [2.05, 4.69) is 22.3 Å². The summed E-state index contributed by atoms with van der Waals surface area (Å²) in [4.78, 5) is 27.5. The summed E-state index contributed by atoms with van der Waals surface area (Å²) in [6.07, 6.45) is 0. The monoisotopic (exact) mass is 466 g/mol. The Morgan fingerprint density at radius 1 is 1.00 bits per heavy atom. The van der Waals surface area contributed by atoms with Gasteiger partial charge in [0.1, 0.15) is 4.88 Å². The van der Waals surface area contributed by atoms with Gasteiger partial charge in [0.05, 0.1) is 17.9 Å². The maximum atomic E-state index is 12.4. The lowest BCUT2D eigenvalue weighted by Gasteiger charge is -2.26. The first-order chi connectivity index (χ1) is 15.7. The third-order valence-corrected chi connectivity index (χ3v) is 7.73. The number of ether oxygens (including phenoxy) is 2. The van der Waals surface area contributed by atoms with E-state index >= 15 is 0 Å². The number of morpholine rings is 1. The van der Waals surface area contributed by atoms with Crippen LogP contribution in [-0.2, 0) is 20.8 Å². The Bertz CT molecular complexity index is 1260. The number of carbonyl (C=O) groups excluding carboxylic acids is 2. The van der Waals surface area contributed by atoms with Crippen LogP contribution in [0.4, 0.5) is 5.69 Å². The van der Waals surface area contributed by atoms with Crippen LogP contribution in [0.2, 0.25) is 0 Å². The first-order valence-corrected chi connectivity index (χ1v) is 12.1. The Balaban J connectivity index is 1.14. The fraction of sp³-hybridized carbons (Fsp3) is 0.250. The standard InChI is InChI=1S/C24H22N2O4S2/c27-22(25-17-7-5-16(6-8-17)14-26-9-11-29-12-10-26)15-30-24(28)21-13-20-23(32-21)18-3-1-2-4-19(18)31-20/h1-8,13H,9-12,14-15H2,(H,25,27). The van der Waals surface area contributed by atoms with Crippen molar-refractivity contribution in [3.05, 3.63) is 65.0 Å². The second-order valence-electron chi connectivity index (χ2n) is 7.61. The molecule has 1 N–H and O–H groups in total. The number of nitrogens with zero attached hydrogens (tertiary/aromatic N) is 1. The molecule has 8 heteroatoms. The molecule has 1 fully saturated rings. The fourth-order valence-electron chi connectivity index (χ4n) is 3.71. The van der Waals surface area contributed by atoms with Crippen molar-refractivity contribution < 1.29 is 19.1 Å². The van der Waals surface area contributed by atoms with Crippen molar-refractivity contribution in [3.63, 3.8) is 0 Å². The molecule has 0 atom stereocenters. The summed E-state index contributed by atoms with van der Waals surface area (Å²) >= 11 is 3.06. The molecule has 0 aliphatic carbocycles. The molecular weight excluding hydrogens is 444 g/mol. The lowest BCUT2D eigenvalue weighted by atomic mass is 10.2. The van der Waals surface area contributed by atoms with Crippen molar-refractivity contribution in [1.82, 2.24) is 4.90 Å². The number of nitrogens with one attached hydrogen (secondary N) is 1. The molecule has 0 bridgehead atoms. The number of anilines is 1. The lowest BCUT2D eigenvalue weighted by molar-refractivity contribution is -0.119. The molecule has 2 aromatic carbocycles. The van der Waals surface area contributed by atoms with Crippen molar-refractivity contribution in [2.45, 2.75) is 6.54 Å². The summed E-state index contributed by atoms with van der Waals surface area (Å²) in [6.45, 7) is 3.95. The molecule has 5 rings (SSSR count). The predicted octanol–water partition coefficient (Wildman–Crippen LogP) is 4.74. The minimum absolute atomic E-state index is 0.319. The predicted molar refractivity (Wildman–Crippen MR) is 129 cm³/mol. The fourth-order valence-corrected chi connectivity index (χ4v) is 6.13. The zero-order valence-corrected chi connectivity index (χ0v) is 19.0. The van der Waals surface area contributed by atoms with E-state index in [1.54, 1.807) is 11.3 Å². The minimum atomic E-state index is -0.474. The van der Waals surface area contributed by atoms with Crippen LogP contribution in [-0.4, -0.2) is 49.7 Å². The first kappa shape index (κ1) is 21.1. The van der Waals surface area contributed by atoms with Gasteiger partial charge in [0.15, 0.2) is 6.61 Å². The van der Waals surface area contributed by atoms with Gasteiger partial charge >= 0.3 is 5.97 Å². The van der Waals surface area contributed by atoms with Crippen molar-refractivity contribution in [1.29, 1.82) is 0 Å². The molecule has 4 aromatic rings. The molecular formula is C24H22N2O4S2. The number of amides is 1. The molecule has 0 saturated carbocycles. The van der Waals surface area contributed by atoms with Gasteiger partial charge in [-0.1, -0.05) is 30.3 Å². The summed E-state index contributed by atoms with van der Waals surface area (Å²) in [6, 6.07) is 17.7. The summed E-state index contributed by atoms with van der Waals surface area (Å²) in [5.41, 5.74) is 1.86. The van der Waals surface area contributed by atoms with Crippen LogP contribution in [0.15, 0.2) is 54.6 Å². The normalized spacial score (nSPS) is 14.6. The van der Waals surface area contributed by atoms with E-state index < -0.39 is 5.97 Å². The molecule has 164 valence electrons.